The first-order valence-corrected chi connectivity index (χ1v) is 3.55. The van der Waals surface area contributed by atoms with Gasteiger partial charge in [0, 0.05) is 17.3 Å². The van der Waals surface area contributed by atoms with E-state index < -0.39 is 18.7 Å². The number of rotatable bonds is 3. The minimum Gasteiger partial charge on any atom is -0.495 e. The number of alkyl halides is 3. The van der Waals surface area contributed by atoms with Crippen molar-refractivity contribution in [3.63, 3.8) is 0 Å². The molecule has 0 aliphatic rings. The molecule has 5 heteroatoms. The van der Waals surface area contributed by atoms with Gasteiger partial charge in [0.15, 0.2) is 0 Å². The van der Waals surface area contributed by atoms with E-state index >= 15 is 0 Å². The fourth-order valence-corrected chi connectivity index (χ4v) is 0.990. The highest BCUT2D eigenvalue weighted by Gasteiger charge is 2.16. The number of aromatic nitrogens is 1. The highest BCUT2D eigenvalue weighted by molar-refractivity contribution is 5.37. The molecule has 0 amide bonds. The number of hydrogen-bond donors (Lipinski definition) is 0. The zero-order valence-electron chi connectivity index (χ0n) is 6.93. The number of hydrogen-bond acceptors (Lipinski definition) is 2. The maximum Gasteiger partial charge on any atom is 0.265 e. The van der Waals surface area contributed by atoms with Crippen LogP contribution in [-0.2, 0) is 6.67 Å². The summed E-state index contributed by atoms with van der Waals surface area (Å²) in [5.41, 5.74) is -0.547. The number of methoxy groups -OCH3 is 1. The first-order chi connectivity index (χ1) is 6.20. The first-order valence-electron chi connectivity index (χ1n) is 3.55. The Bertz CT molecular complexity index is 291. The summed E-state index contributed by atoms with van der Waals surface area (Å²) in [5.74, 6) is 0.0558. The Hall–Kier alpha value is -1.26. The van der Waals surface area contributed by atoms with Gasteiger partial charge in [-0.2, -0.15) is 0 Å². The molecule has 0 saturated heterocycles. The number of pyridine rings is 1. The molecule has 0 aliphatic heterocycles. The van der Waals surface area contributed by atoms with Crippen molar-refractivity contribution in [1.82, 2.24) is 4.98 Å². The monoisotopic (exact) mass is 191 g/mol. The van der Waals surface area contributed by atoms with Gasteiger partial charge in [0.2, 0.25) is 0 Å². The summed E-state index contributed by atoms with van der Waals surface area (Å²) in [7, 11) is 1.28. The van der Waals surface area contributed by atoms with Crippen LogP contribution in [0.5, 0.6) is 5.75 Å². The Labute approximate surface area is 73.4 Å². The average molecular weight is 191 g/mol. The number of halogens is 3. The van der Waals surface area contributed by atoms with Crippen molar-refractivity contribution < 1.29 is 17.9 Å². The third-order valence-corrected chi connectivity index (χ3v) is 1.64. The van der Waals surface area contributed by atoms with E-state index in [2.05, 4.69) is 4.98 Å². The van der Waals surface area contributed by atoms with Crippen LogP contribution in [0.2, 0.25) is 0 Å². The normalized spacial score (nSPS) is 10.5. The van der Waals surface area contributed by atoms with Crippen LogP contribution in [0.15, 0.2) is 12.4 Å². The van der Waals surface area contributed by atoms with Crippen molar-refractivity contribution in [2.75, 3.05) is 7.11 Å². The number of nitrogens with zero attached hydrogens (tertiary/aromatic N) is 1. The van der Waals surface area contributed by atoms with Crippen LogP contribution in [0.4, 0.5) is 13.2 Å². The molecular weight excluding hydrogens is 183 g/mol. The van der Waals surface area contributed by atoms with Gasteiger partial charge in [0.05, 0.1) is 13.3 Å². The minimum atomic E-state index is -2.73. The highest BCUT2D eigenvalue weighted by atomic mass is 19.3. The summed E-state index contributed by atoms with van der Waals surface area (Å²) >= 11 is 0. The van der Waals surface area contributed by atoms with Crippen LogP contribution in [0, 0.1) is 0 Å². The summed E-state index contributed by atoms with van der Waals surface area (Å²) in [6.45, 7) is -0.981. The predicted molar refractivity (Wildman–Crippen MR) is 40.6 cm³/mol. The van der Waals surface area contributed by atoms with Crippen molar-refractivity contribution in [3.05, 3.63) is 23.5 Å². The lowest BCUT2D eigenvalue weighted by atomic mass is 10.1. The molecule has 0 fully saturated rings. The maximum absolute atomic E-state index is 12.4. The molecule has 0 aromatic carbocycles. The van der Waals surface area contributed by atoms with Gasteiger partial charge in [0.1, 0.15) is 12.4 Å². The van der Waals surface area contributed by atoms with Gasteiger partial charge in [-0.3, -0.25) is 4.98 Å². The summed E-state index contributed by atoms with van der Waals surface area (Å²) < 4.78 is 41.6. The van der Waals surface area contributed by atoms with Crippen LogP contribution < -0.4 is 4.74 Å². The van der Waals surface area contributed by atoms with E-state index in [-0.39, 0.29) is 11.3 Å². The molecule has 2 nitrogen and oxygen atoms in total. The van der Waals surface area contributed by atoms with Crippen LogP contribution in [0.3, 0.4) is 0 Å². The van der Waals surface area contributed by atoms with Crippen molar-refractivity contribution in [3.8, 4) is 5.75 Å². The lowest BCUT2D eigenvalue weighted by Gasteiger charge is -2.08. The molecule has 0 saturated carbocycles. The van der Waals surface area contributed by atoms with Crippen LogP contribution in [-0.4, -0.2) is 12.1 Å². The quantitative estimate of drug-likeness (QED) is 0.732. The summed E-state index contributed by atoms with van der Waals surface area (Å²) in [6, 6.07) is 0. The third kappa shape index (κ3) is 1.91. The molecule has 1 heterocycles. The van der Waals surface area contributed by atoms with Crippen molar-refractivity contribution in [1.29, 1.82) is 0 Å². The Morgan fingerprint density at radius 2 is 2.15 bits per heavy atom. The standard InChI is InChI=1S/C8H8F3NO/c1-13-7-4-12-3-6(8(10)11)5(7)2-9/h3-4,8H,2H2,1H3. The van der Waals surface area contributed by atoms with Crippen LogP contribution in [0.1, 0.15) is 17.6 Å². The zero-order valence-corrected chi connectivity index (χ0v) is 6.93. The molecule has 1 rings (SSSR count). The van der Waals surface area contributed by atoms with E-state index in [1.807, 2.05) is 0 Å². The summed E-state index contributed by atoms with van der Waals surface area (Å²) in [6.07, 6.45) is -0.573. The van der Waals surface area contributed by atoms with Gasteiger partial charge in [-0.1, -0.05) is 0 Å². The van der Waals surface area contributed by atoms with E-state index in [1.165, 1.54) is 13.3 Å². The van der Waals surface area contributed by atoms with Gasteiger partial charge in [-0.15, -0.1) is 0 Å². The third-order valence-electron chi connectivity index (χ3n) is 1.64. The fraction of sp³-hybridized carbons (Fsp3) is 0.375. The van der Waals surface area contributed by atoms with Crippen molar-refractivity contribution in [2.24, 2.45) is 0 Å². The van der Waals surface area contributed by atoms with E-state index in [9.17, 15) is 13.2 Å². The Morgan fingerprint density at radius 3 is 2.62 bits per heavy atom. The van der Waals surface area contributed by atoms with Crippen LogP contribution in [0.25, 0.3) is 0 Å². The summed E-state index contributed by atoms with van der Waals surface area (Å²) in [5, 5.41) is 0. The van der Waals surface area contributed by atoms with E-state index in [0.717, 1.165) is 6.20 Å². The Balaban J connectivity index is 3.19. The second-order valence-electron chi connectivity index (χ2n) is 2.34. The predicted octanol–water partition coefficient (Wildman–Crippen LogP) is 2.50. The van der Waals surface area contributed by atoms with E-state index in [0.29, 0.717) is 0 Å². The van der Waals surface area contributed by atoms with Gasteiger partial charge in [0.25, 0.3) is 6.43 Å². The molecule has 1 aromatic heterocycles. The Morgan fingerprint density at radius 1 is 1.46 bits per heavy atom. The second kappa shape index (κ2) is 4.11. The SMILES string of the molecule is COc1cncc(C(F)F)c1CF. The smallest absolute Gasteiger partial charge is 0.265 e. The topological polar surface area (TPSA) is 22.1 Å². The van der Waals surface area contributed by atoms with Gasteiger partial charge in [-0.05, 0) is 0 Å². The lowest BCUT2D eigenvalue weighted by Crippen LogP contribution is -1.98. The number of ether oxygens (including phenoxy) is 1. The average Bonchev–Trinajstić information content (AvgIpc) is 2.16. The molecule has 13 heavy (non-hydrogen) atoms. The van der Waals surface area contributed by atoms with Crippen molar-refractivity contribution in [2.45, 2.75) is 13.1 Å². The maximum atomic E-state index is 12.4. The zero-order chi connectivity index (χ0) is 9.84. The van der Waals surface area contributed by atoms with E-state index in [4.69, 9.17) is 4.74 Å². The van der Waals surface area contributed by atoms with Gasteiger partial charge in [-0.25, -0.2) is 13.2 Å². The molecule has 0 aliphatic carbocycles. The van der Waals surface area contributed by atoms with Crippen LogP contribution >= 0.6 is 0 Å². The molecule has 0 atom stereocenters. The summed E-state index contributed by atoms with van der Waals surface area (Å²) in [4.78, 5) is 3.51. The molecule has 0 N–H and O–H groups in total. The Kier molecular flexibility index (Phi) is 3.11. The molecular formula is C8H8F3NO. The van der Waals surface area contributed by atoms with Gasteiger partial charge >= 0.3 is 0 Å². The second-order valence-corrected chi connectivity index (χ2v) is 2.34. The lowest BCUT2D eigenvalue weighted by molar-refractivity contribution is 0.148. The van der Waals surface area contributed by atoms with E-state index in [1.54, 1.807) is 0 Å². The first kappa shape index (κ1) is 9.83. The molecule has 0 spiro atoms. The fourth-order valence-electron chi connectivity index (χ4n) is 0.990. The molecule has 72 valence electrons. The molecule has 1 aromatic rings. The molecule has 0 radical (unpaired) electrons. The molecule has 0 bridgehead atoms. The largest absolute Gasteiger partial charge is 0.495 e. The molecule has 0 unspecified atom stereocenters. The van der Waals surface area contributed by atoms with Crippen molar-refractivity contribution >= 4 is 0 Å². The highest BCUT2D eigenvalue weighted by Crippen LogP contribution is 2.29. The van der Waals surface area contributed by atoms with Gasteiger partial charge < -0.3 is 4.74 Å². The minimum absolute atomic E-state index is 0.0558.